The van der Waals surface area contributed by atoms with E-state index in [0.29, 0.717) is 17.7 Å². The Balaban J connectivity index is 0.00000166. The van der Waals surface area contributed by atoms with E-state index in [4.69, 9.17) is 10.4 Å². The smallest absolute Gasteiger partial charge is 0.272 e. The third kappa shape index (κ3) is 6.08. The lowest BCUT2D eigenvalue weighted by Crippen LogP contribution is -2.48. The molecule has 1 aliphatic heterocycles. The largest absolute Gasteiger partial charge is 0.342 e. The Morgan fingerprint density at radius 2 is 1.94 bits per heavy atom. The zero-order valence-corrected chi connectivity index (χ0v) is 20.6. The number of aliphatic imine (C=N–C) groups is 1. The third-order valence-electron chi connectivity index (χ3n) is 4.86. The van der Waals surface area contributed by atoms with Gasteiger partial charge in [-0.3, -0.25) is 10.2 Å². The van der Waals surface area contributed by atoms with Crippen molar-refractivity contribution < 1.29 is 4.79 Å². The van der Waals surface area contributed by atoms with Crippen LogP contribution >= 0.6 is 9.24 Å². The van der Waals surface area contributed by atoms with Crippen LogP contribution < -0.4 is 10.6 Å². The molecular formula is C23H35N6OP. The molecule has 1 aliphatic rings. The first-order valence-corrected chi connectivity index (χ1v) is 11.3. The Hall–Kier alpha value is -2.37. The van der Waals surface area contributed by atoms with Gasteiger partial charge in [0.2, 0.25) is 0 Å². The zero-order valence-electron chi connectivity index (χ0n) is 19.4. The van der Waals surface area contributed by atoms with Crippen LogP contribution in [0, 0.1) is 10.8 Å². The molecule has 8 heteroatoms. The zero-order chi connectivity index (χ0) is 23.2. The molecule has 2 aromatic rings. The second-order valence-corrected chi connectivity index (χ2v) is 8.91. The van der Waals surface area contributed by atoms with Crippen molar-refractivity contribution in [3.8, 4) is 11.4 Å². The summed E-state index contributed by atoms with van der Waals surface area (Å²) in [6.45, 7) is 13.9. The van der Waals surface area contributed by atoms with Gasteiger partial charge in [0.25, 0.3) is 5.91 Å². The second-order valence-electron chi connectivity index (χ2n) is 8.32. The van der Waals surface area contributed by atoms with Gasteiger partial charge in [-0.25, -0.2) is 9.98 Å². The molecule has 2 heterocycles. The highest BCUT2D eigenvalue weighted by molar-refractivity contribution is 7.41. The molecule has 0 radical (unpaired) electrons. The maximum absolute atomic E-state index is 13.3. The van der Waals surface area contributed by atoms with E-state index in [1.807, 2.05) is 65.0 Å². The summed E-state index contributed by atoms with van der Waals surface area (Å²) in [6, 6.07) is 9.61. The molecule has 7 nitrogen and oxygen atoms in total. The quantitative estimate of drug-likeness (QED) is 0.378. The number of imidazole rings is 1. The number of carbonyl (C=O) groups excluding carboxylic acids is 1. The van der Waals surface area contributed by atoms with Crippen molar-refractivity contribution in [2.45, 2.75) is 60.7 Å². The molecule has 168 valence electrons. The summed E-state index contributed by atoms with van der Waals surface area (Å²) >= 11 is 0. The summed E-state index contributed by atoms with van der Waals surface area (Å²) in [5.74, 6) is 0.792. The van der Waals surface area contributed by atoms with E-state index in [-0.39, 0.29) is 23.2 Å². The van der Waals surface area contributed by atoms with Crippen molar-refractivity contribution in [1.82, 2.24) is 20.2 Å². The fraction of sp³-hybridized carbons (Fsp3) is 0.478. The number of benzene rings is 1. The van der Waals surface area contributed by atoms with Crippen LogP contribution in [0.15, 0.2) is 35.3 Å². The van der Waals surface area contributed by atoms with E-state index in [0.717, 1.165) is 30.2 Å². The number of rotatable bonds is 4. The monoisotopic (exact) mass is 442 g/mol. The van der Waals surface area contributed by atoms with Crippen LogP contribution in [0.3, 0.4) is 0 Å². The predicted molar refractivity (Wildman–Crippen MR) is 132 cm³/mol. The van der Waals surface area contributed by atoms with Gasteiger partial charge in [0.1, 0.15) is 11.7 Å². The van der Waals surface area contributed by atoms with E-state index in [9.17, 15) is 4.79 Å². The number of carbonyl (C=O) groups is 1. The topological polar surface area (TPSA) is 95.2 Å². The van der Waals surface area contributed by atoms with Crippen molar-refractivity contribution in [2.24, 2.45) is 10.4 Å². The summed E-state index contributed by atoms with van der Waals surface area (Å²) in [7, 11) is 2.57. The predicted octanol–water partition coefficient (Wildman–Crippen LogP) is 4.09. The summed E-state index contributed by atoms with van der Waals surface area (Å²) in [4.78, 5) is 22.3. The molecule has 1 aromatic heterocycles. The van der Waals surface area contributed by atoms with E-state index < -0.39 is 0 Å². The number of amides is 1. The van der Waals surface area contributed by atoms with Crippen LogP contribution in [0.25, 0.3) is 11.4 Å². The minimum absolute atomic E-state index is 0.202. The van der Waals surface area contributed by atoms with Crippen LogP contribution in [-0.2, 0) is 13.1 Å². The van der Waals surface area contributed by atoms with Crippen LogP contribution in [-0.4, -0.2) is 39.3 Å². The Morgan fingerprint density at radius 1 is 1.29 bits per heavy atom. The van der Waals surface area contributed by atoms with Gasteiger partial charge in [-0.05, 0) is 12.3 Å². The third-order valence-corrected chi connectivity index (χ3v) is 5.32. The van der Waals surface area contributed by atoms with Crippen LogP contribution in [0.4, 0.5) is 0 Å². The Morgan fingerprint density at radius 3 is 2.52 bits per heavy atom. The molecule has 0 spiro atoms. The van der Waals surface area contributed by atoms with Crippen molar-refractivity contribution in [1.29, 1.82) is 5.41 Å². The molecule has 0 fully saturated rings. The van der Waals surface area contributed by atoms with Gasteiger partial charge in [-0.1, -0.05) is 74.2 Å². The normalized spacial score (nSPS) is 14.7. The van der Waals surface area contributed by atoms with Crippen LogP contribution in [0.5, 0.6) is 0 Å². The molecule has 31 heavy (non-hydrogen) atoms. The summed E-state index contributed by atoms with van der Waals surface area (Å²) in [6.07, 6.45) is 0. The number of nitrogens with zero attached hydrogens (tertiary/aromatic N) is 3. The van der Waals surface area contributed by atoms with Crippen molar-refractivity contribution >= 4 is 26.4 Å². The minimum Gasteiger partial charge on any atom is -0.342 e. The van der Waals surface area contributed by atoms with Crippen LogP contribution in [0.2, 0.25) is 0 Å². The van der Waals surface area contributed by atoms with Gasteiger partial charge in [0.05, 0.1) is 17.2 Å². The molecular weight excluding hydrogens is 407 g/mol. The van der Waals surface area contributed by atoms with E-state index >= 15 is 0 Å². The molecule has 0 saturated carbocycles. The Bertz CT molecular complexity index is 943. The second kappa shape index (κ2) is 10.8. The maximum atomic E-state index is 13.3. The lowest BCUT2D eigenvalue weighted by atomic mass is 9.87. The number of fused-ring (bicyclic) bond motifs is 1. The van der Waals surface area contributed by atoms with Gasteiger partial charge < -0.3 is 15.2 Å². The number of hydrogen-bond acceptors (Lipinski definition) is 4. The number of aromatic nitrogens is 2. The Labute approximate surface area is 187 Å². The van der Waals surface area contributed by atoms with E-state index in [1.54, 1.807) is 6.92 Å². The van der Waals surface area contributed by atoms with Gasteiger partial charge in [0, 0.05) is 25.2 Å². The number of nitrogens with one attached hydrogen (secondary N) is 3. The number of hydrogen-bond donors (Lipinski definition) is 3. The molecule has 0 bridgehead atoms. The first-order valence-electron chi connectivity index (χ1n) is 10.7. The minimum atomic E-state index is -0.339. The highest BCUT2D eigenvalue weighted by Gasteiger charge is 2.32. The first-order chi connectivity index (χ1) is 14.7. The molecule has 3 rings (SSSR count). The fourth-order valence-electron chi connectivity index (χ4n) is 3.49. The molecule has 2 atom stereocenters. The maximum Gasteiger partial charge on any atom is 0.272 e. The van der Waals surface area contributed by atoms with Gasteiger partial charge in [0.15, 0.2) is 5.69 Å². The lowest BCUT2D eigenvalue weighted by Gasteiger charge is -2.31. The van der Waals surface area contributed by atoms with E-state index in [1.165, 1.54) is 0 Å². The molecule has 1 amide bonds. The highest BCUT2D eigenvalue weighted by atomic mass is 31.0. The van der Waals surface area contributed by atoms with Crippen molar-refractivity contribution in [3.05, 3.63) is 41.7 Å². The molecule has 2 unspecified atom stereocenters. The average Bonchev–Trinajstić information content (AvgIpc) is 3.12. The molecule has 1 aromatic carbocycles. The van der Waals surface area contributed by atoms with E-state index in [2.05, 4.69) is 29.4 Å². The van der Waals surface area contributed by atoms with Crippen molar-refractivity contribution in [3.63, 3.8) is 0 Å². The average molecular weight is 443 g/mol. The van der Waals surface area contributed by atoms with Gasteiger partial charge in [-0.2, -0.15) is 0 Å². The van der Waals surface area contributed by atoms with Crippen LogP contribution in [0.1, 0.15) is 57.7 Å². The molecule has 0 saturated heterocycles. The standard InChI is InChI=1S/C21H29N6OP.C2H6/c1-13(22)24-20(29)17(21(2,3)4)26-19(28)16-15-12-23-10-11-27(15)18(25-16)14-8-6-5-7-9-14;1-2/h5-9,17,22-23H,10-12,29H2,1-4H3,(H,26,28);1-2H3. The Kier molecular flexibility index (Phi) is 8.66. The SMILES string of the molecule is CC.CC(=N)N=C(P)C(NC(=O)c1nc(-c2ccccc2)n2c1CNCC2)C(C)(C)C. The summed E-state index contributed by atoms with van der Waals surface area (Å²) in [5.41, 5.74) is 2.69. The van der Waals surface area contributed by atoms with Crippen molar-refractivity contribution in [2.75, 3.05) is 6.54 Å². The first kappa shape index (κ1) is 24.9. The lowest BCUT2D eigenvalue weighted by molar-refractivity contribution is 0.0920. The van der Waals surface area contributed by atoms with Gasteiger partial charge >= 0.3 is 0 Å². The molecule has 0 aliphatic carbocycles. The summed E-state index contributed by atoms with van der Waals surface area (Å²) in [5, 5.41) is 14.1. The molecule has 3 N–H and O–H groups in total. The van der Waals surface area contributed by atoms with Gasteiger partial charge in [-0.15, -0.1) is 0 Å². The summed E-state index contributed by atoms with van der Waals surface area (Å²) < 4.78 is 2.13. The highest BCUT2D eigenvalue weighted by Crippen LogP contribution is 2.26. The number of amidine groups is 1. The fourth-order valence-corrected chi connectivity index (χ4v) is 4.26.